The van der Waals surface area contributed by atoms with Crippen molar-refractivity contribution in [2.45, 2.75) is 39.3 Å². The highest BCUT2D eigenvalue weighted by Gasteiger charge is 2.21. The number of nitrogens with two attached hydrogens (primary N) is 1. The van der Waals surface area contributed by atoms with Crippen LogP contribution >= 0.6 is 0 Å². The molecule has 2 aromatic rings. The number of aromatic nitrogens is 2. The Hall–Kier alpha value is -1.81. The minimum atomic E-state index is 0.105. The average molecular weight is 284 g/mol. The molecule has 3 rings (SSSR count). The van der Waals surface area contributed by atoms with Gasteiger partial charge in [-0.3, -0.25) is 4.68 Å². The second kappa shape index (κ2) is 5.53. The first-order valence-corrected chi connectivity index (χ1v) is 7.73. The van der Waals surface area contributed by atoms with E-state index in [1.54, 1.807) is 0 Å². The summed E-state index contributed by atoms with van der Waals surface area (Å²) >= 11 is 0. The second-order valence-electron chi connectivity index (χ2n) is 5.95. The van der Waals surface area contributed by atoms with Crippen molar-refractivity contribution in [1.29, 1.82) is 0 Å². The lowest BCUT2D eigenvalue weighted by molar-refractivity contribution is 0.680. The molecule has 1 aromatic carbocycles. The molecule has 2 heterocycles. The van der Waals surface area contributed by atoms with Crippen molar-refractivity contribution in [3.8, 4) is 0 Å². The predicted octanol–water partition coefficient (Wildman–Crippen LogP) is 2.56. The molecule has 4 heteroatoms. The van der Waals surface area contributed by atoms with Crippen LogP contribution in [0.4, 0.5) is 5.69 Å². The van der Waals surface area contributed by atoms with Crippen LogP contribution in [-0.2, 0) is 26.4 Å². The molecule has 0 bridgehead atoms. The Bertz CT molecular complexity index is 642. The Balaban J connectivity index is 1.82. The van der Waals surface area contributed by atoms with Crippen LogP contribution in [0.2, 0.25) is 0 Å². The zero-order valence-corrected chi connectivity index (χ0v) is 13.1. The van der Waals surface area contributed by atoms with Crippen LogP contribution < -0.4 is 10.6 Å². The van der Waals surface area contributed by atoms with E-state index >= 15 is 0 Å². The van der Waals surface area contributed by atoms with Gasteiger partial charge in [-0.25, -0.2) is 0 Å². The first-order valence-electron chi connectivity index (χ1n) is 7.73. The van der Waals surface area contributed by atoms with Gasteiger partial charge in [-0.05, 0) is 43.0 Å². The standard InChI is InChI=1S/C17H24N4/c1-4-15-10-16(20(3)19-15)11-21-8-7-14-9-13(12(2)18)5-6-17(14)21/h5-6,9-10,12H,4,7-8,11,18H2,1-3H3. The first-order chi connectivity index (χ1) is 10.1. The molecule has 1 unspecified atom stereocenters. The molecule has 0 saturated carbocycles. The Morgan fingerprint density at radius 3 is 2.81 bits per heavy atom. The molecule has 0 fully saturated rings. The number of anilines is 1. The third kappa shape index (κ3) is 2.68. The first kappa shape index (κ1) is 14.1. The Morgan fingerprint density at radius 2 is 2.14 bits per heavy atom. The maximum absolute atomic E-state index is 5.98. The molecule has 0 radical (unpaired) electrons. The molecule has 1 aromatic heterocycles. The summed E-state index contributed by atoms with van der Waals surface area (Å²) in [5, 5.41) is 4.54. The van der Waals surface area contributed by atoms with Gasteiger partial charge in [0.1, 0.15) is 0 Å². The van der Waals surface area contributed by atoms with Crippen molar-refractivity contribution in [3.63, 3.8) is 0 Å². The van der Waals surface area contributed by atoms with Crippen LogP contribution in [0.5, 0.6) is 0 Å². The highest BCUT2D eigenvalue weighted by atomic mass is 15.3. The van der Waals surface area contributed by atoms with Gasteiger partial charge in [0.2, 0.25) is 0 Å². The van der Waals surface area contributed by atoms with Crippen molar-refractivity contribution in [3.05, 3.63) is 46.8 Å². The van der Waals surface area contributed by atoms with Gasteiger partial charge >= 0.3 is 0 Å². The van der Waals surface area contributed by atoms with Crippen molar-refractivity contribution in [2.24, 2.45) is 12.8 Å². The zero-order chi connectivity index (χ0) is 15.0. The highest BCUT2D eigenvalue weighted by Crippen LogP contribution is 2.31. The molecule has 0 spiro atoms. The Labute approximate surface area is 126 Å². The van der Waals surface area contributed by atoms with E-state index < -0.39 is 0 Å². The zero-order valence-electron chi connectivity index (χ0n) is 13.1. The molecule has 0 amide bonds. The number of aryl methyl sites for hydroxylation is 2. The molecule has 1 aliphatic rings. The van der Waals surface area contributed by atoms with Crippen LogP contribution in [0.25, 0.3) is 0 Å². The SMILES string of the molecule is CCc1cc(CN2CCc3cc(C(C)N)ccc32)n(C)n1. The lowest BCUT2D eigenvalue weighted by Crippen LogP contribution is -2.21. The topological polar surface area (TPSA) is 47.1 Å². The molecule has 0 saturated heterocycles. The number of hydrogen-bond acceptors (Lipinski definition) is 3. The van der Waals surface area contributed by atoms with Gasteiger partial charge in [-0.15, -0.1) is 0 Å². The number of fused-ring (bicyclic) bond motifs is 1. The van der Waals surface area contributed by atoms with E-state index in [2.05, 4.69) is 41.2 Å². The fourth-order valence-corrected chi connectivity index (χ4v) is 3.03. The molecule has 0 aliphatic carbocycles. The molecule has 112 valence electrons. The summed E-state index contributed by atoms with van der Waals surface area (Å²) in [6.45, 7) is 6.18. The van der Waals surface area contributed by atoms with E-state index in [9.17, 15) is 0 Å². The lowest BCUT2D eigenvalue weighted by Gasteiger charge is -2.20. The van der Waals surface area contributed by atoms with Crippen LogP contribution in [0.3, 0.4) is 0 Å². The molecule has 4 nitrogen and oxygen atoms in total. The molecular formula is C17H24N4. The summed E-state index contributed by atoms with van der Waals surface area (Å²) in [4.78, 5) is 2.44. The summed E-state index contributed by atoms with van der Waals surface area (Å²) in [5.74, 6) is 0. The van der Waals surface area contributed by atoms with Crippen molar-refractivity contribution >= 4 is 5.69 Å². The third-order valence-electron chi connectivity index (χ3n) is 4.36. The smallest absolute Gasteiger partial charge is 0.0625 e. The van der Waals surface area contributed by atoms with Crippen molar-refractivity contribution in [2.75, 3.05) is 11.4 Å². The van der Waals surface area contributed by atoms with Crippen molar-refractivity contribution in [1.82, 2.24) is 9.78 Å². The number of hydrogen-bond donors (Lipinski definition) is 1. The minimum Gasteiger partial charge on any atom is -0.365 e. The van der Waals surface area contributed by atoms with Crippen LogP contribution in [-0.4, -0.2) is 16.3 Å². The van der Waals surface area contributed by atoms with Crippen LogP contribution in [0, 0.1) is 0 Å². The second-order valence-corrected chi connectivity index (χ2v) is 5.95. The van der Waals surface area contributed by atoms with Gasteiger partial charge in [-0.2, -0.15) is 5.10 Å². The third-order valence-corrected chi connectivity index (χ3v) is 4.36. The maximum atomic E-state index is 5.98. The van der Waals surface area contributed by atoms with Gasteiger partial charge in [0.25, 0.3) is 0 Å². The maximum Gasteiger partial charge on any atom is 0.0625 e. The predicted molar refractivity (Wildman–Crippen MR) is 86.4 cm³/mol. The summed E-state index contributed by atoms with van der Waals surface area (Å²) in [5.41, 5.74) is 12.4. The Morgan fingerprint density at radius 1 is 1.33 bits per heavy atom. The number of rotatable bonds is 4. The highest BCUT2D eigenvalue weighted by molar-refractivity contribution is 5.59. The molecular weight excluding hydrogens is 260 g/mol. The fourth-order valence-electron chi connectivity index (χ4n) is 3.03. The van der Waals surface area contributed by atoms with Crippen LogP contribution in [0.15, 0.2) is 24.3 Å². The Kier molecular flexibility index (Phi) is 3.72. The molecule has 2 N–H and O–H groups in total. The lowest BCUT2D eigenvalue weighted by atomic mass is 10.0. The van der Waals surface area contributed by atoms with E-state index in [1.807, 2.05) is 18.7 Å². The van der Waals surface area contributed by atoms with Gasteiger partial charge < -0.3 is 10.6 Å². The normalized spacial score (nSPS) is 15.3. The molecule has 1 atom stereocenters. The summed E-state index contributed by atoms with van der Waals surface area (Å²) in [6, 6.07) is 8.96. The number of benzene rings is 1. The van der Waals surface area contributed by atoms with E-state index in [0.717, 1.165) is 25.9 Å². The monoisotopic (exact) mass is 284 g/mol. The van der Waals surface area contributed by atoms with E-state index in [0.29, 0.717) is 0 Å². The van der Waals surface area contributed by atoms with Gasteiger partial charge in [0.05, 0.1) is 17.9 Å². The average Bonchev–Trinajstić information content (AvgIpc) is 3.03. The van der Waals surface area contributed by atoms with Crippen molar-refractivity contribution < 1.29 is 0 Å². The van der Waals surface area contributed by atoms with E-state index in [4.69, 9.17) is 5.73 Å². The minimum absolute atomic E-state index is 0.105. The van der Waals surface area contributed by atoms with Crippen LogP contribution in [0.1, 0.15) is 42.4 Å². The fraction of sp³-hybridized carbons (Fsp3) is 0.471. The van der Waals surface area contributed by atoms with E-state index in [-0.39, 0.29) is 6.04 Å². The summed E-state index contributed by atoms with van der Waals surface area (Å²) in [7, 11) is 2.03. The summed E-state index contributed by atoms with van der Waals surface area (Å²) in [6.07, 6.45) is 2.09. The van der Waals surface area contributed by atoms with Gasteiger partial charge in [0.15, 0.2) is 0 Å². The summed E-state index contributed by atoms with van der Waals surface area (Å²) < 4.78 is 2.01. The number of nitrogens with zero attached hydrogens (tertiary/aromatic N) is 3. The van der Waals surface area contributed by atoms with Gasteiger partial charge in [-0.1, -0.05) is 19.1 Å². The molecule has 1 aliphatic heterocycles. The largest absolute Gasteiger partial charge is 0.365 e. The van der Waals surface area contributed by atoms with E-state index in [1.165, 1.54) is 28.2 Å². The molecule has 21 heavy (non-hydrogen) atoms. The van der Waals surface area contributed by atoms with Gasteiger partial charge in [0, 0.05) is 25.3 Å². The quantitative estimate of drug-likeness (QED) is 0.938.